The molecule has 0 aliphatic carbocycles. The monoisotopic (exact) mass is 331 g/mol. The van der Waals surface area contributed by atoms with Gasteiger partial charge in [0.05, 0.1) is 0 Å². The third-order valence-electron chi connectivity index (χ3n) is 4.00. The van der Waals surface area contributed by atoms with Crippen molar-refractivity contribution in [2.75, 3.05) is 18.5 Å². The highest BCUT2D eigenvalue weighted by atomic mass is 32.1. The molecule has 6 nitrogen and oxygen atoms in total. The lowest BCUT2D eigenvalue weighted by molar-refractivity contribution is 0.0690. The number of amides is 1. The Morgan fingerprint density at radius 3 is 2.83 bits per heavy atom. The largest absolute Gasteiger partial charge is 0.476 e. The van der Waals surface area contributed by atoms with Gasteiger partial charge in [0, 0.05) is 30.6 Å². The van der Waals surface area contributed by atoms with Gasteiger partial charge in [0.15, 0.2) is 10.8 Å². The normalized spacial score (nSPS) is 13.6. The molecule has 0 atom stereocenters. The summed E-state index contributed by atoms with van der Waals surface area (Å²) in [5.74, 6) is -1.11. The SMILES string of the molecule is CNC(=O)c1cccc2c1CN(c1nc(C(=O)O)c(C)s1)CC2. The van der Waals surface area contributed by atoms with Crippen LogP contribution in [0.15, 0.2) is 18.2 Å². The van der Waals surface area contributed by atoms with E-state index >= 15 is 0 Å². The number of hydrogen-bond acceptors (Lipinski definition) is 5. The number of carbonyl (C=O) groups excluding carboxylic acids is 1. The molecule has 2 N–H and O–H groups in total. The summed E-state index contributed by atoms with van der Waals surface area (Å²) >= 11 is 1.38. The van der Waals surface area contributed by atoms with Crippen LogP contribution in [-0.2, 0) is 13.0 Å². The fourth-order valence-electron chi connectivity index (χ4n) is 2.81. The quantitative estimate of drug-likeness (QED) is 0.900. The van der Waals surface area contributed by atoms with Crippen molar-refractivity contribution in [1.29, 1.82) is 0 Å². The molecule has 0 unspecified atom stereocenters. The van der Waals surface area contributed by atoms with Crippen molar-refractivity contribution in [3.8, 4) is 0 Å². The number of hydrogen-bond donors (Lipinski definition) is 2. The summed E-state index contributed by atoms with van der Waals surface area (Å²) in [4.78, 5) is 30.2. The summed E-state index contributed by atoms with van der Waals surface area (Å²) in [7, 11) is 1.62. The van der Waals surface area contributed by atoms with Gasteiger partial charge in [-0.2, -0.15) is 0 Å². The number of thiazole rings is 1. The zero-order chi connectivity index (χ0) is 16.6. The number of anilines is 1. The van der Waals surface area contributed by atoms with Crippen molar-refractivity contribution < 1.29 is 14.7 Å². The third-order valence-corrected chi connectivity index (χ3v) is 5.03. The molecule has 0 bridgehead atoms. The van der Waals surface area contributed by atoms with E-state index < -0.39 is 5.97 Å². The molecule has 0 spiro atoms. The first-order chi connectivity index (χ1) is 11.0. The molecular weight excluding hydrogens is 314 g/mol. The molecule has 2 heterocycles. The summed E-state index contributed by atoms with van der Waals surface area (Å²) in [5, 5.41) is 12.5. The molecule has 2 aromatic rings. The minimum Gasteiger partial charge on any atom is -0.476 e. The first-order valence-corrected chi connectivity index (χ1v) is 8.11. The Kier molecular flexibility index (Phi) is 4.04. The summed E-state index contributed by atoms with van der Waals surface area (Å²) in [6, 6.07) is 5.75. The maximum Gasteiger partial charge on any atom is 0.355 e. The Balaban J connectivity index is 1.95. The van der Waals surface area contributed by atoms with Crippen LogP contribution in [0.3, 0.4) is 0 Å². The van der Waals surface area contributed by atoms with E-state index in [4.69, 9.17) is 5.11 Å². The Hall–Kier alpha value is -2.41. The summed E-state index contributed by atoms with van der Waals surface area (Å²) in [5.41, 5.74) is 2.92. The van der Waals surface area contributed by atoms with E-state index in [0.717, 1.165) is 24.1 Å². The fourth-order valence-corrected chi connectivity index (χ4v) is 3.73. The molecule has 0 radical (unpaired) electrons. The molecule has 1 aliphatic heterocycles. The van der Waals surface area contributed by atoms with Crippen molar-refractivity contribution >= 4 is 28.3 Å². The number of aryl methyl sites for hydroxylation is 1. The summed E-state index contributed by atoms with van der Waals surface area (Å²) < 4.78 is 0. The maximum atomic E-state index is 12.1. The van der Waals surface area contributed by atoms with Gasteiger partial charge in [-0.25, -0.2) is 9.78 Å². The van der Waals surface area contributed by atoms with Crippen LogP contribution in [0.1, 0.15) is 36.9 Å². The van der Waals surface area contributed by atoms with Crippen LogP contribution in [0.25, 0.3) is 0 Å². The van der Waals surface area contributed by atoms with Crippen LogP contribution >= 0.6 is 11.3 Å². The van der Waals surface area contributed by atoms with Crippen molar-refractivity contribution in [2.45, 2.75) is 19.9 Å². The first kappa shape index (κ1) is 15.5. The van der Waals surface area contributed by atoms with E-state index in [-0.39, 0.29) is 11.6 Å². The Morgan fingerprint density at radius 1 is 1.39 bits per heavy atom. The number of carboxylic acid groups (broad SMARTS) is 1. The van der Waals surface area contributed by atoms with Crippen molar-refractivity contribution in [1.82, 2.24) is 10.3 Å². The Labute approximate surface area is 137 Å². The molecule has 1 amide bonds. The lowest BCUT2D eigenvalue weighted by Crippen LogP contribution is -2.32. The minimum absolute atomic E-state index is 0.106. The van der Waals surface area contributed by atoms with Gasteiger partial charge in [-0.1, -0.05) is 12.1 Å². The average Bonchev–Trinajstić information content (AvgIpc) is 2.95. The molecule has 1 aromatic heterocycles. The lowest BCUT2D eigenvalue weighted by Gasteiger charge is -2.29. The molecule has 3 rings (SSSR count). The van der Waals surface area contributed by atoms with Gasteiger partial charge in [-0.05, 0) is 30.5 Å². The number of benzene rings is 1. The number of aromatic carboxylic acids is 1. The van der Waals surface area contributed by atoms with Crippen molar-refractivity contribution in [3.05, 3.63) is 45.5 Å². The van der Waals surface area contributed by atoms with Crippen LogP contribution in [0.4, 0.5) is 5.13 Å². The predicted molar refractivity (Wildman–Crippen MR) is 88.4 cm³/mol. The number of rotatable bonds is 3. The second kappa shape index (κ2) is 6.00. The highest BCUT2D eigenvalue weighted by molar-refractivity contribution is 7.15. The Morgan fingerprint density at radius 2 is 2.17 bits per heavy atom. The highest BCUT2D eigenvalue weighted by Gasteiger charge is 2.25. The van der Waals surface area contributed by atoms with Crippen LogP contribution in [0.5, 0.6) is 0 Å². The second-order valence-electron chi connectivity index (χ2n) is 5.40. The molecular formula is C16H17N3O3S. The van der Waals surface area contributed by atoms with Gasteiger partial charge in [0.2, 0.25) is 0 Å². The molecule has 7 heteroatoms. The molecule has 23 heavy (non-hydrogen) atoms. The van der Waals surface area contributed by atoms with Crippen molar-refractivity contribution in [3.63, 3.8) is 0 Å². The van der Waals surface area contributed by atoms with E-state index in [9.17, 15) is 9.59 Å². The minimum atomic E-state index is -1.01. The Bertz CT molecular complexity index is 785. The first-order valence-electron chi connectivity index (χ1n) is 7.29. The number of fused-ring (bicyclic) bond motifs is 1. The molecule has 120 valence electrons. The fraction of sp³-hybridized carbons (Fsp3) is 0.312. The van der Waals surface area contributed by atoms with Crippen LogP contribution < -0.4 is 10.2 Å². The smallest absolute Gasteiger partial charge is 0.355 e. The number of nitrogens with zero attached hydrogens (tertiary/aromatic N) is 2. The van der Waals surface area contributed by atoms with E-state index in [2.05, 4.69) is 10.3 Å². The van der Waals surface area contributed by atoms with Crippen molar-refractivity contribution in [2.24, 2.45) is 0 Å². The van der Waals surface area contributed by atoms with Gasteiger partial charge >= 0.3 is 5.97 Å². The van der Waals surface area contributed by atoms with Gasteiger partial charge in [-0.15, -0.1) is 11.3 Å². The average molecular weight is 331 g/mol. The number of carbonyl (C=O) groups is 2. The zero-order valence-electron chi connectivity index (χ0n) is 12.9. The van der Waals surface area contributed by atoms with Gasteiger partial charge in [-0.3, -0.25) is 4.79 Å². The number of aromatic nitrogens is 1. The van der Waals surface area contributed by atoms with E-state index in [1.54, 1.807) is 14.0 Å². The van der Waals surface area contributed by atoms with Crippen LogP contribution in [-0.4, -0.2) is 35.6 Å². The lowest BCUT2D eigenvalue weighted by atomic mass is 9.94. The summed E-state index contributed by atoms with van der Waals surface area (Å²) in [6.45, 7) is 3.08. The topological polar surface area (TPSA) is 82.5 Å². The molecule has 1 aliphatic rings. The molecule has 0 fully saturated rings. The maximum absolute atomic E-state index is 12.1. The molecule has 0 saturated heterocycles. The zero-order valence-corrected chi connectivity index (χ0v) is 13.7. The van der Waals surface area contributed by atoms with Gasteiger partial charge in [0.25, 0.3) is 5.91 Å². The molecule has 1 aromatic carbocycles. The molecule has 0 saturated carbocycles. The highest BCUT2D eigenvalue weighted by Crippen LogP contribution is 2.31. The second-order valence-corrected chi connectivity index (χ2v) is 6.58. The number of carboxylic acids is 1. The summed E-state index contributed by atoms with van der Waals surface area (Å²) in [6.07, 6.45) is 0.807. The standard InChI is InChI=1S/C16H17N3O3S/c1-9-13(15(21)22)18-16(23-9)19-7-6-10-4-3-5-11(12(10)8-19)14(20)17-2/h3-5H,6-8H2,1-2H3,(H,17,20)(H,21,22). The van der Waals surface area contributed by atoms with Gasteiger partial charge < -0.3 is 15.3 Å². The van der Waals surface area contributed by atoms with Crippen LogP contribution in [0, 0.1) is 6.92 Å². The van der Waals surface area contributed by atoms with E-state index in [1.807, 2.05) is 23.1 Å². The van der Waals surface area contributed by atoms with Gasteiger partial charge in [0.1, 0.15) is 0 Å². The van der Waals surface area contributed by atoms with E-state index in [1.165, 1.54) is 11.3 Å². The third kappa shape index (κ3) is 2.79. The number of nitrogens with one attached hydrogen (secondary N) is 1. The van der Waals surface area contributed by atoms with E-state index in [0.29, 0.717) is 22.1 Å². The predicted octanol–water partition coefficient (Wildman–Crippen LogP) is 2.07. The van der Waals surface area contributed by atoms with Crippen LogP contribution in [0.2, 0.25) is 0 Å².